The average Bonchev–Trinajstić information content (AvgIpc) is 3.31. The Kier molecular flexibility index (Phi) is 5.48. The Morgan fingerprint density at radius 1 is 1.52 bits per heavy atom. The molecule has 2 aromatic rings. The molecule has 1 aromatic heterocycles. The Morgan fingerprint density at radius 2 is 2.30 bits per heavy atom. The van der Waals surface area contributed by atoms with Crippen LogP contribution in [-0.2, 0) is 11.3 Å². The van der Waals surface area contributed by atoms with E-state index in [0.717, 1.165) is 23.4 Å². The summed E-state index contributed by atoms with van der Waals surface area (Å²) >= 11 is 0. The fourth-order valence-corrected chi connectivity index (χ4v) is 3.27. The van der Waals surface area contributed by atoms with Gasteiger partial charge in [0.15, 0.2) is 0 Å². The minimum atomic E-state index is -0.402. The van der Waals surface area contributed by atoms with Crippen molar-refractivity contribution in [3.05, 3.63) is 59.2 Å². The van der Waals surface area contributed by atoms with Crippen molar-refractivity contribution in [2.75, 3.05) is 13.7 Å². The van der Waals surface area contributed by atoms with Crippen molar-refractivity contribution in [3.8, 4) is 5.69 Å². The van der Waals surface area contributed by atoms with Crippen LogP contribution >= 0.6 is 0 Å². The molecule has 0 spiro atoms. The third-order valence-corrected chi connectivity index (χ3v) is 4.56. The standard InChI is InChI=1S/C19H25N5O3/c1-3-27-19(26)16-9-22-24(13-6-4-5-12(7-13)11-25)18(16)15-8-14(15)17(20)10-23(2)21/h4-7,9-10,14-15,25H,3,8,11,20-21H2,1-2H3/b17-10-/t14?,15-/m1/s1. The van der Waals surface area contributed by atoms with Crippen LogP contribution < -0.4 is 11.6 Å². The number of hydrazine groups is 1. The predicted molar refractivity (Wildman–Crippen MR) is 101 cm³/mol. The van der Waals surface area contributed by atoms with Crippen molar-refractivity contribution in [1.29, 1.82) is 0 Å². The molecule has 5 N–H and O–H groups in total. The molecule has 27 heavy (non-hydrogen) atoms. The number of allylic oxidation sites excluding steroid dienone is 1. The number of hydrogen-bond donors (Lipinski definition) is 3. The van der Waals surface area contributed by atoms with Gasteiger partial charge in [-0.1, -0.05) is 12.1 Å². The van der Waals surface area contributed by atoms with Gasteiger partial charge in [-0.05, 0) is 31.0 Å². The van der Waals surface area contributed by atoms with E-state index in [1.54, 1.807) is 24.9 Å². The van der Waals surface area contributed by atoms with E-state index in [1.165, 1.54) is 11.2 Å². The Balaban J connectivity index is 2.02. The summed E-state index contributed by atoms with van der Waals surface area (Å²) in [6, 6.07) is 7.40. The third kappa shape index (κ3) is 3.96. The van der Waals surface area contributed by atoms with Crippen molar-refractivity contribution >= 4 is 5.97 Å². The number of aliphatic hydroxyl groups is 1. The number of hydrogen-bond acceptors (Lipinski definition) is 7. The number of rotatable bonds is 7. The quantitative estimate of drug-likeness (QED) is 0.381. The van der Waals surface area contributed by atoms with Gasteiger partial charge in [0.1, 0.15) is 5.56 Å². The molecule has 144 valence electrons. The molecule has 1 aliphatic carbocycles. The summed E-state index contributed by atoms with van der Waals surface area (Å²) in [6.45, 7) is 1.99. The van der Waals surface area contributed by atoms with Crippen LogP contribution in [0.1, 0.15) is 40.9 Å². The van der Waals surface area contributed by atoms with Gasteiger partial charge in [-0.3, -0.25) is 0 Å². The molecule has 2 atom stereocenters. The van der Waals surface area contributed by atoms with Gasteiger partial charge in [0.25, 0.3) is 0 Å². The molecule has 8 nitrogen and oxygen atoms in total. The van der Waals surface area contributed by atoms with Crippen molar-refractivity contribution in [1.82, 2.24) is 14.8 Å². The molecule has 0 radical (unpaired) electrons. The van der Waals surface area contributed by atoms with Gasteiger partial charge in [0, 0.05) is 30.8 Å². The summed E-state index contributed by atoms with van der Waals surface area (Å²) in [7, 11) is 1.71. The highest BCUT2D eigenvalue weighted by Gasteiger charge is 2.45. The van der Waals surface area contributed by atoms with Crippen LogP contribution in [0.2, 0.25) is 0 Å². The number of aromatic nitrogens is 2. The molecule has 1 aromatic carbocycles. The van der Waals surface area contributed by atoms with E-state index in [1.807, 2.05) is 24.3 Å². The fourth-order valence-electron chi connectivity index (χ4n) is 3.27. The van der Waals surface area contributed by atoms with E-state index >= 15 is 0 Å². The van der Waals surface area contributed by atoms with Gasteiger partial charge in [0.05, 0.1) is 30.8 Å². The normalized spacial score (nSPS) is 19.0. The second-order valence-electron chi connectivity index (χ2n) is 6.65. The molecular weight excluding hydrogens is 346 g/mol. The van der Waals surface area contributed by atoms with Crippen molar-refractivity contribution in [2.24, 2.45) is 17.5 Å². The zero-order valence-electron chi connectivity index (χ0n) is 15.5. The van der Waals surface area contributed by atoms with Crippen LogP contribution in [0.5, 0.6) is 0 Å². The predicted octanol–water partition coefficient (Wildman–Crippen LogP) is 1.25. The molecule has 1 fully saturated rings. The number of ether oxygens (including phenoxy) is 1. The Bertz CT molecular complexity index is 859. The topological polar surface area (TPSA) is 120 Å². The lowest BCUT2D eigenvalue weighted by molar-refractivity contribution is 0.0525. The maximum atomic E-state index is 12.4. The largest absolute Gasteiger partial charge is 0.462 e. The number of nitrogens with zero attached hydrogens (tertiary/aromatic N) is 3. The maximum Gasteiger partial charge on any atom is 0.341 e. The molecule has 1 saturated carbocycles. The summed E-state index contributed by atoms with van der Waals surface area (Å²) in [5.74, 6) is 5.38. The van der Waals surface area contributed by atoms with E-state index < -0.39 is 5.97 Å². The zero-order valence-corrected chi connectivity index (χ0v) is 15.5. The van der Waals surface area contributed by atoms with Crippen LogP contribution in [0, 0.1) is 5.92 Å². The maximum absolute atomic E-state index is 12.4. The number of carbonyl (C=O) groups excluding carboxylic acids is 1. The molecule has 8 heteroatoms. The summed E-state index contributed by atoms with van der Waals surface area (Å²) < 4.78 is 6.93. The Morgan fingerprint density at radius 3 is 2.96 bits per heavy atom. The molecule has 1 heterocycles. The first-order chi connectivity index (χ1) is 13.0. The van der Waals surface area contributed by atoms with Crippen LogP contribution in [0.25, 0.3) is 5.69 Å². The Hall–Kier alpha value is -2.84. The highest BCUT2D eigenvalue weighted by atomic mass is 16.5. The summed E-state index contributed by atoms with van der Waals surface area (Å²) in [4.78, 5) is 12.4. The van der Waals surface area contributed by atoms with Gasteiger partial charge in [-0.25, -0.2) is 15.3 Å². The van der Waals surface area contributed by atoms with Crippen LogP contribution in [0.4, 0.5) is 0 Å². The highest BCUT2D eigenvalue weighted by molar-refractivity contribution is 5.91. The molecule has 1 aliphatic rings. The summed E-state index contributed by atoms with van der Waals surface area (Å²) in [5.41, 5.74) is 9.57. The third-order valence-electron chi connectivity index (χ3n) is 4.56. The monoisotopic (exact) mass is 371 g/mol. The molecule has 0 aliphatic heterocycles. The Labute approximate surface area is 158 Å². The minimum absolute atomic E-state index is 0.0425. The first kappa shape index (κ1) is 18.9. The highest BCUT2D eigenvalue weighted by Crippen LogP contribution is 2.51. The van der Waals surface area contributed by atoms with Crippen molar-refractivity contribution < 1.29 is 14.6 Å². The minimum Gasteiger partial charge on any atom is -0.462 e. The SMILES string of the molecule is CCOC(=O)c1cnn(-c2cccc(CO)c2)c1[C@@H]1CC1/C(N)=C/N(C)N. The molecule has 1 unspecified atom stereocenters. The second kappa shape index (κ2) is 7.81. The average molecular weight is 371 g/mol. The van der Waals surface area contributed by atoms with E-state index in [9.17, 15) is 9.90 Å². The number of nitrogens with two attached hydrogens (primary N) is 2. The second-order valence-corrected chi connectivity index (χ2v) is 6.65. The summed E-state index contributed by atoms with van der Waals surface area (Å²) in [6.07, 6.45) is 4.01. The molecular formula is C19H25N5O3. The van der Waals surface area contributed by atoms with Crippen molar-refractivity contribution in [2.45, 2.75) is 25.9 Å². The van der Waals surface area contributed by atoms with Gasteiger partial charge in [-0.15, -0.1) is 0 Å². The van der Waals surface area contributed by atoms with E-state index in [0.29, 0.717) is 11.3 Å². The van der Waals surface area contributed by atoms with E-state index in [4.69, 9.17) is 16.3 Å². The van der Waals surface area contributed by atoms with Gasteiger partial charge in [0.2, 0.25) is 0 Å². The first-order valence-electron chi connectivity index (χ1n) is 8.86. The van der Waals surface area contributed by atoms with Crippen LogP contribution in [0.15, 0.2) is 42.4 Å². The zero-order chi connectivity index (χ0) is 19.6. The lowest BCUT2D eigenvalue weighted by Crippen LogP contribution is -2.21. The molecule has 0 bridgehead atoms. The lowest BCUT2D eigenvalue weighted by Gasteiger charge is -2.12. The van der Waals surface area contributed by atoms with Crippen LogP contribution in [0.3, 0.4) is 0 Å². The fraction of sp³-hybridized carbons (Fsp3) is 0.368. The molecule has 0 saturated heterocycles. The van der Waals surface area contributed by atoms with Gasteiger partial charge >= 0.3 is 5.97 Å². The number of esters is 1. The van der Waals surface area contributed by atoms with Crippen LogP contribution in [-0.4, -0.2) is 39.5 Å². The lowest BCUT2D eigenvalue weighted by atomic mass is 10.1. The number of aliphatic hydroxyl groups excluding tert-OH is 1. The van der Waals surface area contributed by atoms with E-state index in [-0.39, 0.29) is 25.0 Å². The van der Waals surface area contributed by atoms with E-state index in [2.05, 4.69) is 5.10 Å². The first-order valence-corrected chi connectivity index (χ1v) is 8.86. The van der Waals surface area contributed by atoms with Crippen molar-refractivity contribution in [3.63, 3.8) is 0 Å². The number of benzene rings is 1. The molecule has 0 amide bonds. The summed E-state index contributed by atoms with van der Waals surface area (Å²) in [5, 5.41) is 15.3. The molecule has 3 rings (SSSR count). The smallest absolute Gasteiger partial charge is 0.341 e. The van der Waals surface area contributed by atoms with Gasteiger partial charge in [-0.2, -0.15) is 5.10 Å². The number of carbonyl (C=O) groups is 1. The van der Waals surface area contributed by atoms with Gasteiger partial charge < -0.3 is 20.6 Å².